The van der Waals surface area contributed by atoms with Crippen molar-refractivity contribution in [3.63, 3.8) is 0 Å². The van der Waals surface area contributed by atoms with E-state index in [1.807, 2.05) is 11.0 Å². The van der Waals surface area contributed by atoms with Gasteiger partial charge >= 0.3 is 6.03 Å². The number of morpholine rings is 1. The number of amides is 2. The number of carbonyl (C=O) groups is 1. The van der Waals surface area contributed by atoms with Crippen molar-refractivity contribution in [2.75, 3.05) is 26.3 Å². The number of urea groups is 1. The van der Waals surface area contributed by atoms with Crippen molar-refractivity contribution in [1.82, 2.24) is 10.2 Å². The van der Waals surface area contributed by atoms with Gasteiger partial charge in [0.15, 0.2) is 0 Å². The average Bonchev–Trinajstić information content (AvgIpc) is 2.47. The molecule has 1 heterocycles. The summed E-state index contributed by atoms with van der Waals surface area (Å²) in [4.78, 5) is 14.0. The van der Waals surface area contributed by atoms with Gasteiger partial charge in [-0.3, -0.25) is 0 Å². The first-order chi connectivity index (χ1) is 9.57. The highest BCUT2D eigenvalue weighted by Crippen LogP contribution is 2.14. The predicted octanol–water partition coefficient (Wildman–Crippen LogP) is 2.44. The lowest BCUT2D eigenvalue weighted by atomic mass is 9.95. The van der Waals surface area contributed by atoms with E-state index in [2.05, 4.69) is 43.4 Å². The summed E-state index contributed by atoms with van der Waals surface area (Å²) < 4.78 is 5.26. The van der Waals surface area contributed by atoms with Crippen LogP contribution in [0.3, 0.4) is 0 Å². The molecule has 110 valence electrons. The highest BCUT2D eigenvalue weighted by molar-refractivity contribution is 5.75. The minimum absolute atomic E-state index is 0.0198. The summed E-state index contributed by atoms with van der Waals surface area (Å²) in [5.74, 6) is 0. The van der Waals surface area contributed by atoms with Gasteiger partial charge in [0.2, 0.25) is 0 Å². The van der Waals surface area contributed by atoms with Gasteiger partial charge in [-0.1, -0.05) is 30.3 Å². The van der Waals surface area contributed by atoms with Crippen LogP contribution in [0.4, 0.5) is 4.79 Å². The van der Waals surface area contributed by atoms with Crippen LogP contribution in [0.2, 0.25) is 0 Å². The topological polar surface area (TPSA) is 41.6 Å². The first-order valence-corrected chi connectivity index (χ1v) is 7.26. The van der Waals surface area contributed by atoms with E-state index in [9.17, 15) is 4.79 Å². The van der Waals surface area contributed by atoms with Crippen LogP contribution in [0.25, 0.3) is 0 Å². The van der Waals surface area contributed by atoms with Gasteiger partial charge < -0.3 is 15.0 Å². The number of ether oxygens (including phenoxy) is 1. The molecule has 0 bridgehead atoms. The number of aryl methyl sites for hydroxylation is 1. The molecule has 0 aliphatic carbocycles. The Balaban J connectivity index is 1.82. The lowest BCUT2D eigenvalue weighted by Crippen LogP contribution is -2.53. The fraction of sp³-hybridized carbons (Fsp3) is 0.562. The van der Waals surface area contributed by atoms with Gasteiger partial charge in [-0.05, 0) is 32.3 Å². The third-order valence-electron chi connectivity index (χ3n) is 3.63. The Labute approximate surface area is 121 Å². The van der Waals surface area contributed by atoms with E-state index in [1.54, 1.807) is 0 Å². The molecule has 2 rings (SSSR count). The van der Waals surface area contributed by atoms with E-state index in [0.29, 0.717) is 26.3 Å². The Morgan fingerprint density at radius 3 is 2.55 bits per heavy atom. The summed E-state index contributed by atoms with van der Waals surface area (Å²) in [6.45, 7) is 6.79. The third-order valence-corrected chi connectivity index (χ3v) is 3.63. The standard InChI is InChI=1S/C16H24N2O2/c1-16(2,9-8-14-6-4-3-5-7-14)17-15(19)18-10-12-20-13-11-18/h3-7H,8-13H2,1-2H3,(H,17,19). The molecule has 1 saturated heterocycles. The number of benzene rings is 1. The summed E-state index contributed by atoms with van der Waals surface area (Å²) in [5.41, 5.74) is 1.10. The fourth-order valence-electron chi connectivity index (χ4n) is 2.30. The number of hydrogen-bond donors (Lipinski definition) is 1. The molecule has 1 aliphatic rings. The van der Waals surface area contributed by atoms with Crippen LogP contribution in [-0.2, 0) is 11.2 Å². The van der Waals surface area contributed by atoms with Crippen LogP contribution in [-0.4, -0.2) is 42.8 Å². The van der Waals surface area contributed by atoms with Gasteiger partial charge in [0, 0.05) is 18.6 Å². The van der Waals surface area contributed by atoms with Crippen molar-refractivity contribution in [2.45, 2.75) is 32.2 Å². The molecule has 1 N–H and O–H groups in total. The first-order valence-electron chi connectivity index (χ1n) is 7.26. The first kappa shape index (κ1) is 14.9. The zero-order valence-electron chi connectivity index (χ0n) is 12.4. The molecule has 1 aromatic rings. The number of rotatable bonds is 4. The SMILES string of the molecule is CC(C)(CCc1ccccc1)NC(=O)N1CCOCC1. The van der Waals surface area contributed by atoms with E-state index in [4.69, 9.17) is 4.74 Å². The van der Waals surface area contributed by atoms with Crippen molar-refractivity contribution in [2.24, 2.45) is 0 Å². The van der Waals surface area contributed by atoms with Crippen molar-refractivity contribution in [3.05, 3.63) is 35.9 Å². The van der Waals surface area contributed by atoms with E-state index in [1.165, 1.54) is 5.56 Å². The van der Waals surface area contributed by atoms with Crippen LogP contribution in [0.15, 0.2) is 30.3 Å². The molecule has 0 unspecified atom stereocenters. The summed E-state index contributed by atoms with van der Waals surface area (Å²) in [6.07, 6.45) is 1.89. The largest absolute Gasteiger partial charge is 0.378 e. The molecule has 4 heteroatoms. The molecule has 1 aliphatic heterocycles. The lowest BCUT2D eigenvalue weighted by Gasteiger charge is -2.33. The molecule has 0 aromatic heterocycles. The van der Waals surface area contributed by atoms with Crippen LogP contribution in [0.5, 0.6) is 0 Å². The molecular formula is C16H24N2O2. The Morgan fingerprint density at radius 1 is 1.25 bits per heavy atom. The molecule has 20 heavy (non-hydrogen) atoms. The Bertz CT molecular complexity index is 425. The summed E-state index contributed by atoms with van der Waals surface area (Å²) in [6, 6.07) is 10.4. The molecular weight excluding hydrogens is 252 g/mol. The molecule has 4 nitrogen and oxygen atoms in total. The second kappa shape index (κ2) is 6.75. The normalized spacial score (nSPS) is 16.0. The van der Waals surface area contributed by atoms with E-state index in [0.717, 1.165) is 12.8 Å². The molecule has 0 spiro atoms. The van der Waals surface area contributed by atoms with Gasteiger partial charge in [0.25, 0.3) is 0 Å². The van der Waals surface area contributed by atoms with Crippen LogP contribution in [0.1, 0.15) is 25.8 Å². The third kappa shape index (κ3) is 4.53. The Hall–Kier alpha value is -1.55. The molecule has 1 fully saturated rings. The molecule has 1 aromatic carbocycles. The number of carbonyl (C=O) groups excluding carboxylic acids is 1. The van der Waals surface area contributed by atoms with Gasteiger partial charge in [-0.25, -0.2) is 4.79 Å². The van der Waals surface area contributed by atoms with Gasteiger partial charge in [0.1, 0.15) is 0 Å². The molecule has 0 saturated carbocycles. The second-order valence-electron chi connectivity index (χ2n) is 5.90. The summed E-state index contributed by atoms with van der Waals surface area (Å²) >= 11 is 0. The predicted molar refractivity (Wildman–Crippen MR) is 79.8 cm³/mol. The minimum atomic E-state index is -0.203. The molecule has 0 radical (unpaired) electrons. The van der Waals surface area contributed by atoms with Crippen molar-refractivity contribution in [1.29, 1.82) is 0 Å². The van der Waals surface area contributed by atoms with Crippen LogP contribution >= 0.6 is 0 Å². The monoisotopic (exact) mass is 276 g/mol. The van der Waals surface area contributed by atoms with E-state index in [-0.39, 0.29) is 11.6 Å². The van der Waals surface area contributed by atoms with Crippen molar-refractivity contribution < 1.29 is 9.53 Å². The zero-order valence-corrected chi connectivity index (χ0v) is 12.4. The highest BCUT2D eigenvalue weighted by atomic mass is 16.5. The van der Waals surface area contributed by atoms with Crippen molar-refractivity contribution >= 4 is 6.03 Å². The maximum atomic E-state index is 12.2. The molecule has 0 atom stereocenters. The number of hydrogen-bond acceptors (Lipinski definition) is 2. The molecule has 2 amide bonds. The van der Waals surface area contributed by atoms with Crippen LogP contribution < -0.4 is 5.32 Å². The van der Waals surface area contributed by atoms with E-state index < -0.39 is 0 Å². The summed E-state index contributed by atoms with van der Waals surface area (Å²) in [5, 5.41) is 3.13. The Morgan fingerprint density at radius 2 is 1.90 bits per heavy atom. The number of nitrogens with zero attached hydrogens (tertiary/aromatic N) is 1. The average molecular weight is 276 g/mol. The quantitative estimate of drug-likeness (QED) is 0.917. The smallest absolute Gasteiger partial charge is 0.317 e. The maximum absolute atomic E-state index is 12.2. The van der Waals surface area contributed by atoms with E-state index >= 15 is 0 Å². The number of nitrogens with one attached hydrogen (secondary N) is 1. The zero-order chi connectivity index (χ0) is 14.4. The second-order valence-corrected chi connectivity index (χ2v) is 5.90. The van der Waals surface area contributed by atoms with Gasteiger partial charge in [0.05, 0.1) is 13.2 Å². The Kier molecular flexibility index (Phi) is 5.01. The highest BCUT2D eigenvalue weighted by Gasteiger charge is 2.24. The van der Waals surface area contributed by atoms with Gasteiger partial charge in [-0.2, -0.15) is 0 Å². The van der Waals surface area contributed by atoms with Crippen LogP contribution in [0, 0.1) is 0 Å². The summed E-state index contributed by atoms with van der Waals surface area (Å²) in [7, 11) is 0. The maximum Gasteiger partial charge on any atom is 0.317 e. The lowest BCUT2D eigenvalue weighted by molar-refractivity contribution is 0.0513. The fourth-order valence-corrected chi connectivity index (χ4v) is 2.30. The minimum Gasteiger partial charge on any atom is -0.378 e. The van der Waals surface area contributed by atoms with Crippen molar-refractivity contribution in [3.8, 4) is 0 Å². The van der Waals surface area contributed by atoms with Gasteiger partial charge in [-0.15, -0.1) is 0 Å².